The number of hydrogen-bond acceptors (Lipinski definition) is 4. The van der Waals surface area contributed by atoms with Gasteiger partial charge in [0.2, 0.25) is 0 Å². The van der Waals surface area contributed by atoms with Crippen molar-refractivity contribution in [3.63, 3.8) is 0 Å². The summed E-state index contributed by atoms with van der Waals surface area (Å²) in [5, 5.41) is 11.1. The Balaban J connectivity index is 1.89. The van der Waals surface area contributed by atoms with Gasteiger partial charge in [-0.05, 0) is 43.9 Å². The summed E-state index contributed by atoms with van der Waals surface area (Å²) < 4.78 is 43.0. The summed E-state index contributed by atoms with van der Waals surface area (Å²) in [5.74, 6) is -3.10. The third-order valence-corrected chi connectivity index (χ3v) is 5.44. The molecule has 1 aliphatic rings. The van der Waals surface area contributed by atoms with E-state index in [1.165, 1.54) is 0 Å². The van der Waals surface area contributed by atoms with E-state index in [-0.39, 0.29) is 22.8 Å². The van der Waals surface area contributed by atoms with E-state index in [9.17, 15) is 27.6 Å². The highest BCUT2D eigenvalue weighted by atomic mass is 19.2. The molecule has 31 heavy (non-hydrogen) atoms. The number of pyridine rings is 1. The van der Waals surface area contributed by atoms with Crippen LogP contribution in [0.2, 0.25) is 0 Å². The quantitative estimate of drug-likeness (QED) is 0.659. The third kappa shape index (κ3) is 3.78. The average molecular weight is 434 g/mol. The summed E-state index contributed by atoms with van der Waals surface area (Å²) in [6.45, 7) is 0. The molecule has 11 heteroatoms. The molecule has 1 amide bonds. The van der Waals surface area contributed by atoms with Crippen molar-refractivity contribution in [2.75, 3.05) is 0 Å². The van der Waals surface area contributed by atoms with Crippen molar-refractivity contribution in [1.82, 2.24) is 19.4 Å². The maximum Gasteiger partial charge on any atom is 0.404 e. The lowest BCUT2D eigenvalue weighted by Gasteiger charge is -2.29. The molecule has 2 N–H and O–H groups in total. The number of hydrogen-bond donors (Lipinski definition) is 2. The van der Waals surface area contributed by atoms with E-state index < -0.39 is 40.8 Å². The predicted molar refractivity (Wildman–Crippen MR) is 104 cm³/mol. The normalized spacial score (nSPS) is 18.8. The monoisotopic (exact) mass is 434 g/mol. The second kappa shape index (κ2) is 7.89. The van der Waals surface area contributed by atoms with Crippen LogP contribution in [0.1, 0.15) is 31.7 Å². The molecule has 162 valence electrons. The zero-order valence-corrected chi connectivity index (χ0v) is 16.0. The van der Waals surface area contributed by atoms with Crippen molar-refractivity contribution in [1.29, 1.82) is 0 Å². The molecule has 4 rings (SSSR count). The maximum absolute atomic E-state index is 13.8. The summed E-state index contributed by atoms with van der Waals surface area (Å²) in [4.78, 5) is 41.1. The highest BCUT2D eigenvalue weighted by molar-refractivity contribution is 5.75. The lowest BCUT2D eigenvalue weighted by atomic mass is 9.91. The molecule has 0 bridgehead atoms. The fourth-order valence-corrected chi connectivity index (χ4v) is 4.01. The molecule has 1 aromatic carbocycles. The predicted octanol–water partition coefficient (Wildman–Crippen LogP) is 2.72. The molecular weight excluding hydrogens is 417 g/mol. The van der Waals surface area contributed by atoms with Gasteiger partial charge in [0, 0.05) is 18.2 Å². The Morgan fingerprint density at radius 2 is 1.77 bits per heavy atom. The third-order valence-electron chi connectivity index (χ3n) is 5.44. The van der Waals surface area contributed by atoms with E-state index in [4.69, 9.17) is 5.11 Å². The summed E-state index contributed by atoms with van der Waals surface area (Å²) in [6, 6.07) is 2.85. The topological polar surface area (TPSA) is 106 Å². The van der Waals surface area contributed by atoms with Crippen molar-refractivity contribution in [2.45, 2.75) is 37.8 Å². The molecule has 1 aliphatic carbocycles. The van der Waals surface area contributed by atoms with Gasteiger partial charge in [0.25, 0.3) is 5.56 Å². The Hall–Kier alpha value is -3.63. The van der Waals surface area contributed by atoms with Crippen LogP contribution in [0, 0.1) is 17.5 Å². The number of nitrogens with one attached hydrogen (secondary N) is 1. The molecular formula is C20H17F3N4O4. The summed E-state index contributed by atoms with van der Waals surface area (Å²) in [5.41, 5.74) is -1.82. The highest BCUT2D eigenvalue weighted by Crippen LogP contribution is 2.27. The fraction of sp³-hybridized carbons (Fsp3) is 0.300. The SMILES string of the molecule is O=C(O)NC1CCC(n2c(=O)c3cc(F)cnc3n(-c3ccc(F)c(F)c3)c2=O)CC1. The van der Waals surface area contributed by atoms with E-state index in [0.717, 1.165) is 39.6 Å². The molecule has 0 atom stereocenters. The lowest BCUT2D eigenvalue weighted by Crippen LogP contribution is -2.45. The summed E-state index contributed by atoms with van der Waals surface area (Å²) in [6.07, 6.45) is 1.11. The van der Waals surface area contributed by atoms with Gasteiger partial charge in [0.05, 0.1) is 17.3 Å². The highest BCUT2D eigenvalue weighted by Gasteiger charge is 2.28. The number of nitrogens with zero attached hydrogens (tertiary/aromatic N) is 3. The number of amides is 1. The number of aromatic nitrogens is 3. The van der Waals surface area contributed by atoms with Crippen LogP contribution in [0.4, 0.5) is 18.0 Å². The molecule has 0 aliphatic heterocycles. The lowest BCUT2D eigenvalue weighted by molar-refractivity contribution is 0.182. The molecule has 0 unspecified atom stereocenters. The second-order valence-electron chi connectivity index (χ2n) is 7.37. The van der Waals surface area contributed by atoms with Crippen LogP contribution >= 0.6 is 0 Å². The van der Waals surface area contributed by atoms with Crippen LogP contribution in [-0.4, -0.2) is 31.4 Å². The van der Waals surface area contributed by atoms with Gasteiger partial charge in [-0.25, -0.2) is 32.3 Å². The van der Waals surface area contributed by atoms with Crippen LogP contribution in [0.15, 0.2) is 40.1 Å². The van der Waals surface area contributed by atoms with Gasteiger partial charge in [0.15, 0.2) is 17.3 Å². The number of fused-ring (bicyclic) bond motifs is 1. The smallest absolute Gasteiger partial charge is 0.404 e. The van der Waals surface area contributed by atoms with Gasteiger partial charge in [-0.3, -0.25) is 9.36 Å². The van der Waals surface area contributed by atoms with Crippen LogP contribution in [-0.2, 0) is 0 Å². The van der Waals surface area contributed by atoms with E-state index in [1.807, 2.05) is 0 Å². The van der Waals surface area contributed by atoms with Crippen LogP contribution in [0.25, 0.3) is 16.7 Å². The molecule has 0 saturated heterocycles. The number of halogens is 3. The van der Waals surface area contributed by atoms with Crippen LogP contribution < -0.4 is 16.6 Å². The van der Waals surface area contributed by atoms with Gasteiger partial charge in [-0.1, -0.05) is 0 Å². The number of carbonyl (C=O) groups is 1. The summed E-state index contributed by atoms with van der Waals surface area (Å²) in [7, 11) is 0. The zero-order chi connectivity index (χ0) is 22.3. The Kier molecular flexibility index (Phi) is 5.25. The van der Waals surface area contributed by atoms with Gasteiger partial charge in [-0.2, -0.15) is 0 Å². The first kappa shape index (κ1) is 20.6. The van der Waals surface area contributed by atoms with Crippen molar-refractivity contribution in [3.05, 3.63) is 68.8 Å². The summed E-state index contributed by atoms with van der Waals surface area (Å²) >= 11 is 0. The Bertz CT molecular complexity index is 1300. The first-order valence-corrected chi connectivity index (χ1v) is 9.54. The van der Waals surface area contributed by atoms with E-state index in [0.29, 0.717) is 25.7 Å². The first-order chi connectivity index (χ1) is 14.8. The Morgan fingerprint density at radius 3 is 2.42 bits per heavy atom. The van der Waals surface area contributed by atoms with E-state index >= 15 is 0 Å². The average Bonchev–Trinajstić information content (AvgIpc) is 2.72. The maximum atomic E-state index is 13.8. The van der Waals surface area contributed by atoms with Gasteiger partial charge >= 0.3 is 11.8 Å². The minimum Gasteiger partial charge on any atom is -0.465 e. The standard InChI is InChI=1S/C20H17F3N4O4/c21-10-7-14-17(24-9-10)26(13-5-6-15(22)16(23)8-13)20(31)27(18(14)28)12-3-1-11(2-4-12)25-19(29)30/h5-9,11-12,25H,1-4H2,(H,29,30). The Morgan fingerprint density at radius 1 is 1.06 bits per heavy atom. The minimum absolute atomic E-state index is 0.0667. The first-order valence-electron chi connectivity index (χ1n) is 9.54. The largest absolute Gasteiger partial charge is 0.465 e. The van der Waals surface area contributed by atoms with Gasteiger partial charge in [0.1, 0.15) is 5.82 Å². The fourth-order valence-electron chi connectivity index (χ4n) is 4.01. The van der Waals surface area contributed by atoms with Crippen LogP contribution in [0.5, 0.6) is 0 Å². The van der Waals surface area contributed by atoms with Crippen LogP contribution in [0.3, 0.4) is 0 Å². The van der Waals surface area contributed by atoms with Crippen molar-refractivity contribution >= 4 is 17.1 Å². The molecule has 2 heterocycles. The van der Waals surface area contributed by atoms with E-state index in [1.54, 1.807) is 0 Å². The molecule has 0 spiro atoms. The molecule has 3 aromatic rings. The van der Waals surface area contributed by atoms with Gasteiger partial charge < -0.3 is 10.4 Å². The van der Waals surface area contributed by atoms with Crippen molar-refractivity contribution in [3.8, 4) is 5.69 Å². The second-order valence-corrected chi connectivity index (χ2v) is 7.37. The molecule has 2 aromatic heterocycles. The number of benzene rings is 1. The van der Waals surface area contributed by atoms with Crippen molar-refractivity contribution in [2.24, 2.45) is 0 Å². The number of carboxylic acid groups (broad SMARTS) is 1. The minimum atomic E-state index is -1.20. The Labute approximate surface area is 172 Å². The zero-order valence-electron chi connectivity index (χ0n) is 16.0. The van der Waals surface area contributed by atoms with E-state index in [2.05, 4.69) is 10.3 Å². The van der Waals surface area contributed by atoms with Crippen molar-refractivity contribution < 1.29 is 23.1 Å². The molecule has 1 saturated carbocycles. The molecule has 0 radical (unpaired) electrons. The molecule has 1 fully saturated rings. The molecule has 8 nitrogen and oxygen atoms in total. The van der Waals surface area contributed by atoms with Gasteiger partial charge in [-0.15, -0.1) is 0 Å². The number of rotatable bonds is 3.